The average Bonchev–Trinajstić information content (AvgIpc) is 3.01. The molecule has 0 saturated carbocycles. The molecule has 130 valence electrons. The first-order valence-corrected chi connectivity index (χ1v) is 8.16. The van der Waals surface area contributed by atoms with Gasteiger partial charge in [0.05, 0.1) is 6.10 Å². The Labute approximate surface area is 141 Å². The first kappa shape index (κ1) is 17.9. The molecule has 0 fully saturated rings. The fourth-order valence-electron chi connectivity index (χ4n) is 2.48. The molecule has 0 aliphatic rings. The summed E-state index contributed by atoms with van der Waals surface area (Å²) >= 11 is 0. The van der Waals surface area contributed by atoms with E-state index in [1.54, 1.807) is 31.2 Å². The zero-order chi connectivity index (χ0) is 17.5. The molecule has 7 nitrogen and oxygen atoms in total. The summed E-state index contributed by atoms with van der Waals surface area (Å²) in [6.45, 7) is 6.03. The fourth-order valence-corrected chi connectivity index (χ4v) is 2.48. The van der Waals surface area contributed by atoms with Gasteiger partial charge in [-0.2, -0.15) is 0 Å². The molecular weight excluding hydrogens is 308 g/mol. The molecule has 7 heteroatoms. The number of nitrogens with zero attached hydrogens (tertiary/aromatic N) is 2. The first-order chi connectivity index (χ1) is 11.5. The molecule has 1 aromatic carbocycles. The monoisotopic (exact) mass is 332 g/mol. The summed E-state index contributed by atoms with van der Waals surface area (Å²) < 4.78 is 5.35. The third-order valence-corrected chi connectivity index (χ3v) is 3.98. The molecule has 1 aromatic heterocycles. The zero-order valence-corrected chi connectivity index (χ0v) is 14.2. The van der Waals surface area contributed by atoms with E-state index in [1.807, 2.05) is 13.8 Å². The van der Waals surface area contributed by atoms with E-state index in [-0.39, 0.29) is 18.5 Å². The van der Waals surface area contributed by atoms with E-state index in [2.05, 4.69) is 20.8 Å². The van der Waals surface area contributed by atoms with Crippen molar-refractivity contribution in [2.75, 3.05) is 11.9 Å². The molecule has 24 heavy (non-hydrogen) atoms. The molecule has 2 rings (SSSR count). The van der Waals surface area contributed by atoms with Crippen LogP contribution in [0.15, 0.2) is 28.7 Å². The summed E-state index contributed by atoms with van der Waals surface area (Å²) in [5.41, 5.74) is 1.43. The number of carbonyl (C=O) groups is 1. The van der Waals surface area contributed by atoms with Crippen molar-refractivity contribution in [1.29, 1.82) is 0 Å². The topological polar surface area (TPSA) is 100 Å². The second-order valence-corrected chi connectivity index (χ2v) is 5.68. The van der Waals surface area contributed by atoms with Crippen LogP contribution in [0, 0.1) is 12.8 Å². The van der Waals surface area contributed by atoms with Crippen LogP contribution in [0.25, 0.3) is 11.5 Å². The van der Waals surface area contributed by atoms with Crippen LogP contribution in [0.3, 0.4) is 0 Å². The van der Waals surface area contributed by atoms with Crippen molar-refractivity contribution in [1.82, 2.24) is 15.5 Å². The Bertz CT molecular complexity index is 650. The first-order valence-electron chi connectivity index (χ1n) is 8.16. The lowest BCUT2D eigenvalue weighted by Gasteiger charge is -2.20. The summed E-state index contributed by atoms with van der Waals surface area (Å²) in [6, 6.07) is 6.75. The number of urea groups is 1. The van der Waals surface area contributed by atoms with Gasteiger partial charge in [-0.1, -0.05) is 26.7 Å². The van der Waals surface area contributed by atoms with Gasteiger partial charge in [-0.3, -0.25) is 0 Å². The molecule has 0 aliphatic carbocycles. The lowest BCUT2D eigenvalue weighted by molar-refractivity contribution is 0.104. The van der Waals surface area contributed by atoms with Gasteiger partial charge in [-0.25, -0.2) is 4.79 Å². The molecule has 2 amide bonds. The zero-order valence-electron chi connectivity index (χ0n) is 14.2. The number of amides is 2. The maximum absolute atomic E-state index is 11.9. The van der Waals surface area contributed by atoms with Gasteiger partial charge in [0.2, 0.25) is 11.8 Å². The van der Waals surface area contributed by atoms with Crippen LogP contribution in [0.4, 0.5) is 10.5 Å². The maximum atomic E-state index is 11.9. The van der Waals surface area contributed by atoms with E-state index >= 15 is 0 Å². The number of carbonyl (C=O) groups excluding carboxylic acids is 1. The minimum atomic E-state index is -0.533. The van der Waals surface area contributed by atoms with Crippen LogP contribution in [-0.4, -0.2) is 34.0 Å². The molecule has 0 bridgehead atoms. The van der Waals surface area contributed by atoms with E-state index in [9.17, 15) is 9.90 Å². The molecule has 2 aromatic rings. The lowest BCUT2D eigenvalue weighted by atomic mass is 9.97. The van der Waals surface area contributed by atoms with Gasteiger partial charge in [0, 0.05) is 24.7 Å². The number of aliphatic hydroxyl groups excluding tert-OH is 1. The Balaban J connectivity index is 1.86. The van der Waals surface area contributed by atoms with E-state index < -0.39 is 6.10 Å². The molecule has 0 spiro atoms. The van der Waals surface area contributed by atoms with E-state index in [1.165, 1.54) is 0 Å². The van der Waals surface area contributed by atoms with Crippen molar-refractivity contribution in [2.24, 2.45) is 5.92 Å². The normalized spacial score (nSPS) is 12.2. The molecule has 3 N–H and O–H groups in total. The predicted octanol–water partition coefficient (Wildman–Crippen LogP) is 2.96. The predicted molar refractivity (Wildman–Crippen MR) is 91.6 cm³/mol. The van der Waals surface area contributed by atoms with Crippen LogP contribution < -0.4 is 10.6 Å². The van der Waals surface area contributed by atoms with E-state index in [4.69, 9.17) is 4.42 Å². The van der Waals surface area contributed by atoms with Crippen LogP contribution in [0.2, 0.25) is 0 Å². The van der Waals surface area contributed by atoms with Crippen LogP contribution in [-0.2, 0) is 0 Å². The number of benzene rings is 1. The van der Waals surface area contributed by atoms with Crippen LogP contribution in [0.5, 0.6) is 0 Å². The van der Waals surface area contributed by atoms with Gasteiger partial charge in [0.25, 0.3) is 0 Å². The average molecular weight is 332 g/mol. The molecule has 0 radical (unpaired) electrons. The Hall–Kier alpha value is -2.41. The summed E-state index contributed by atoms with van der Waals surface area (Å²) in [5, 5.41) is 23.2. The summed E-state index contributed by atoms with van der Waals surface area (Å²) in [7, 11) is 0. The number of aryl methyl sites for hydroxylation is 1. The van der Waals surface area contributed by atoms with E-state index in [0.29, 0.717) is 17.5 Å². The van der Waals surface area contributed by atoms with Crippen molar-refractivity contribution in [3.63, 3.8) is 0 Å². The van der Waals surface area contributed by atoms with Crippen molar-refractivity contribution < 1.29 is 14.3 Å². The number of hydrogen-bond acceptors (Lipinski definition) is 5. The minimum Gasteiger partial charge on any atom is -0.421 e. The Morgan fingerprint density at radius 3 is 2.42 bits per heavy atom. The van der Waals surface area contributed by atoms with Crippen LogP contribution in [0.1, 0.15) is 32.6 Å². The minimum absolute atomic E-state index is 0.197. The summed E-state index contributed by atoms with van der Waals surface area (Å²) in [5.74, 6) is 1.14. The van der Waals surface area contributed by atoms with Gasteiger partial charge >= 0.3 is 6.03 Å². The molecular formula is C17H24N4O3. The number of rotatable bonds is 7. The maximum Gasteiger partial charge on any atom is 0.319 e. The highest BCUT2D eigenvalue weighted by atomic mass is 16.4. The van der Waals surface area contributed by atoms with Gasteiger partial charge in [-0.05, 0) is 30.2 Å². The summed E-state index contributed by atoms with van der Waals surface area (Å²) in [4.78, 5) is 11.9. The third-order valence-electron chi connectivity index (χ3n) is 3.98. The van der Waals surface area contributed by atoms with Gasteiger partial charge in [-0.15, -0.1) is 10.2 Å². The Morgan fingerprint density at radius 1 is 1.21 bits per heavy atom. The van der Waals surface area contributed by atoms with Crippen LogP contribution >= 0.6 is 0 Å². The smallest absolute Gasteiger partial charge is 0.319 e. The number of aromatic nitrogens is 2. The van der Waals surface area contributed by atoms with E-state index in [0.717, 1.165) is 18.4 Å². The number of hydrogen-bond donors (Lipinski definition) is 3. The SMILES string of the molecule is CCC(CC)C(O)CNC(=O)Nc1ccc(-c2nnc(C)o2)cc1. The number of nitrogens with one attached hydrogen (secondary N) is 2. The second-order valence-electron chi connectivity index (χ2n) is 5.68. The largest absolute Gasteiger partial charge is 0.421 e. The Kier molecular flexibility index (Phi) is 6.31. The second kappa shape index (κ2) is 8.44. The standard InChI is InChI=1S/C17H24N4O3/c1-4-12(5-2)15(22)10-18-17(23)19-14-8-6-13(7-9-14)16-21-20-11(3)24-16/h6-9,12,15,22H,4-5,10H2,1-3H3,(H2,18,19,23). The number of anilines is 1. The summed E-state index contributed by atoms with van der Waals surface area (Å²) in [6.07, 6.45) is 1.24. The van der Waals surface area contributed by atoms with Crippen molar-refractivity contribution >= 4 is 11.7 Å². The Morgan fingerprint density at radius 2 is 1.88 bits per heavy atom. The van der Waals surface area contributed by atoms with Crippen molar-refractivity contribution in [2.45, 2.75) is 39.7 Å². The highest BCUT2D eigenvalue weighted by molar-refractivity contribution is 5.89. The third kappa shape index (κ3) is 4.79. The molecule has 1 atom stereocenters. The van der Waals surface area contributed by atoms with Gasteiger partial charge < -0.3 is 20.2 Å². The van der Waals surface area contributed by atoms with Crippen molar-refractivity contribution in [3.8, 4) is 11.5 Å². The van der Waals surface area contributed by atoms with Gasteiger partial charge in [0.15, 0.2) is 0 Å². The number of aliphatic hydroxyl groups is 1. The molecule has 0 aliphatic heterocycles. The highest BCUT2D eigenvalue weighted by Gasteiger charge is 2.16. The lowest BCUT2D eigenvalue weighted by Crippen LogP contribution is -2.38. The molecule has 1 unspecified atom stereocenters. The molecule has 1 heterocycles. The van der Waals surface area contributed by atoms with Crippen molar-refractivity contribution in [3.05, 3.63) is 30.2 Å². The quantitative estimate of drug-likeness (QED) is 0.724. The van der Waals surface area contributed by atoms with Gasteiger partial charge in [0.1, 0.15) is 0 Å². The fraction of sp³-hybridized carbons (Fsp3) is 0.471. The highest BCUT2D eigenvalue weighted by Crippen LogP contribution is 2.20. The molecule has 0 saturated heterocycles.